The molecule has 8 atom stereocenters. The van der Waals surface area contributed by atoms with Gasteiger partial charge in [0.05, 0.1) is 11.5 Å². The third-order valence-electron chi connectivity index (χ3n) is 12.9. The zero-order valence-corrected chi connectivity index (χ0v) is 22.3. The maximum absolute atomic E-state index is 13.5. The molecule has 0 aliphatic heterocycles. The first kappa shape index (κ1) is 23.9. The van der Waals surface area contributed by atoms with Gasteiger partial charge in [-0.2, -0.15) is 0 Å². The number of aliphatic hydroxyl groups excluding tert-OH is 1. The number of allylic oxidation sites excluding steroid dienone is 1. The first-order chi connectivity index (χ1) is 15.1. The van der Waals surface area contributed by atoms with Gasteiger partial charge in [0.1, 0.15) is 0 Å². The Kier molecular flexibility index (Phi) is 4.99. The van der Waals surface area contributed by atoms with Crippen LogP contribution in [-0.2, 0) is 4.79 Å². The van der Waals surface area contributed by atoms with Gasteiger partial charge in [-0.05, 0) is 109 Å². The Morgan fingerprint density at radius 3 is 2.21 bits per heavy atom. The van der Waals surface area contributed by atoms with Crippen molar-refractivity contribution in [1.82, 2.24) is 0 Å². The van der Waals surface area contributed by atoms with Crippen LogP contribution in [0.5, 0.6) is 0 Å². The highest BCUT2D eigenvalue weighted by atomic mass is 16.4. The van der Waals surface area contributed by atoms with Gasteiger partial charge in [0.25, 0.3) is 0 Å². The number of rotatable bonds is 1. The van der Waals surface area contributed by atoms with Crippen LogP contribution >= 0.6 is 0 Å². The standard InChI is InChI=1S/C30H48O3/c1-25(2)14-15-27(5)16-17-30(24(32)33)19(20(27)18-25)8-9-22-28(6)12-11-23(31)26(3,4)21(28)10-13-29(22,30)7/h8,20-23,31H,9-18H2,1-7H3,(H,32,33)/t20-,21-,22+,23-,27+,28-,29+,30+/m1/s1. The molecular formula is C30H48O3. The van der Waals surface area contributed by atoms with Crippen molar-refractivity contribution in [2.45, 2.75) is 119 Å². The minimum Gasteiger partial charge on any atom is -0.481 e. The van der Waals surface area contributed by atoms with E-state index in [4.69, 9.17) is 0 Å². The van der Waals surface area contributed by atoms with Crippen LogP contribution in [0.25, 0.3) is 0 Å². The maximum Gasteiger partial charge on any atom is 0.314 e. The van der Waals surface area contributed by atoms with Gasteiger partial charge in [0.2, 0.25) is 0 Å². The lowest BCUT2D eigenvalue weighted by atomic mass is 9.33. The maximum atomic E-state index is 13.5. The summed E-state index contributed by atoms with van der Waals surface area (Å²) in [6.45, 7) is 16.6. The minimum absolute atomic E-state index is 0.0901. The molecule has 3 nitrogen and oxygen atoms in total. The van der Waals surface area contributed by atoms with Crippen LogP contribution in [0.1, 0.15) is 113 Å². The molecule has 0 heterocycles. The second-order valence-electron chi connectivity index (χ2n) is 15.1. The molecule has 0 saturated heterocycles. The van der Waals surface area contributed by atoms with Crippen LogP contribution in [0.3, 0.4) is 0 Å². The largest absolute Gasteiger partial charge is 0.481 e. The fourth-order valence-electron chi connectivity index (χ4n) is 10.6. The third kappa shape index (κ3) is 2.87. The summed E-state index contributed by atoms with van der Waals surface area (Å²) in [4.78, 5) is 13.5. The molecule has 5 aliphatic rings. The lowest BCUT2D eigenvalue weighted by molar-refractivity contribution is -0.213. The monoisotopic (exact) mass is 456 g/mol. The van der Waals surface area contributed by atoms with Crippen LogP contribution in [-0.4, -0.2) is 22.3 Å². The summed E-state index contributed by atoms with van der Waals surface area (Å²) >= 11 is 0. The lowest BCUT2D eigenvalue weighted by Crippen LogP contribution is -2.66. The Bertz CT molecular complexity index is 885. The number of fused-ring (bicyclic) bond motifs is 7. The average Bonchev–Trinajstić information content (AvgIpc) is 2.71. The fourth-order valence-corrected chi connectivity index (χ4v) is 10.6. The highest BCUT2D eigenvalue weighted by molar-refractivity contribution is 5.81. The number of aliphatic carboxylic acids is 1. The Hall–Kier alpha value is -0.830. The van der Waals surface area contributed by atoms with Crippen molar-refractivity contribution in [1.29, 1.82) is 0 Å². The molecule has 0 amide bonds. The van der Waals surface area contributed by atoms with Gasteiger partial charge in [-0.15, -0.1) is 0 Å². The first-order valence-electron chi connectivity index (χ1n) is 13.8. The summed E-state index contributed by atoms with van der Waals surface area (Å²) in [5, 5.41) is 22.0. The zero-order chi connectivity index (χ0) is 24.2. The Labute approximate surface area is 201 Å². The molecule has 0 radical (unpaired) electrons. The zero-order valence-electron chi connectivity index (χ0n) is 22.3. The van der Waals surface area contributed by atoms with E-state index in [2.05, 4.69) is 54.5 Å². The van der Waals surface area contributed by atoms with Gasteiger partial charge in [0.15, 0.2) is 0 Å². The van der Waals surface area contributed by atoms with Crippen LogP contribution < -0.4 is 0 Å². The van der Waals surface area contributed by atoms with Crippen LogP contribution in [0, 0.1) is 50.2 Å². The molecule has 4 fully saturated rings. The lowest BCUT2D eigenvalue weighted by Gasteiger charge is -2.70. The number of carboxylic acid groups (broad SMARTS) is 1. The van der Waals surface area contributed by atoms with Gasteiger partial charge >= 0.3 is 5.97 Å². The summed E-state index contributed by atoms with van der Waals surface area (Å²) in [6, 6.07) is 0. The number of aliphatic hydroxyl groups is 1. The van der Waals surface area contributed by atoms with Gasteiger partial charge in [0, 0.05) is 0 Å². The SMILES string of the molecule is CC1(C)CC[C@@]2(C)CC[C@@]3(C(=O)O)C(=CC[C@H]4[C@]5(C)CC[C@@H](O)C(C)(C)[C@H]5CC[C@@]43C)[C@H]2C1. The predicted octanol–water partition coefficient (Wildman–Crippen LogP) is 7.23. The third-order valence-corrected chi connectivity index (χ3v) is 12.9. The van der Waals surface area contributed by atoms with E-state index in [1.807, 2.05) is 0 Å². The number of hydrogen-bond donors (Lipinski definition) is 2. The van der Waals surface area contributed by atoms with Crippen molar-refractivity contribution in [3.8, 4) is 0 Å². The second kappa shape index (κ2) is 6.89. The molecule has 3 heteroatoms. The molecule has 4 saturated carbocycles. The first-order valence-corrected chi connectivity index (χ1v) is 13.8. The molecule has 0 aromatic carbocycles. The Morgan fingerprint density at radius 1 is 0.879 bits per heavy atom. The summed E-state index contributed by atoms with van der Waals surface area (Å²) < 4.78 is 0. The van der Waals surface area contributed by atoms with E-state index in [9.17, 15) is 15.0 Å². The van der Waals surface area contributed by atoms with Crippen LogP contribution in [0.15, 0.2) is 11.6 Å². The number of hydrogen-bond acceptors (Lipinski definition) is 2. The number of carboxylic acids is 1. The van der Waals surface area contributed by atoms with E-state index >= 15 is 0 Å². The van der Waals surface area contributed by atoms with Gasteiger partial charge in [-0.1, -0.05) is 60.1 Å². The number of carbonyl (C=O) groups is 1. The van der Waals surface area contributed by atoms with Crippen molar-refractivity contribution in [2.24, 2.45) is 50.2 Å². The normalized spacial score (nSPS) is 52.4. The highest BCUT2D eigenvalue weighted by Gasteiger charge is 2.71. The minimum atomic E-state index is -0.721. The Balaban J connectivity index is 1.64. The quantitative estimate of drug-likeness (QED) is 0.409. The average molecular weight is 457 g/mol. The predicted molar refractivity (Wildman–Crippen MR) is 133 cm³/mol. The van der Waals surface area contributed by atoms with Crippen molar-refractivity contribution >= 4 is 5.97 Å². The van der Waals surface area contributed by atoms with Crippen molar-refractivity contribution in [2.75, 3.05) is 0 Å². The second-order valence-corrected chi connectivity index (χ2v) is 15.1. The molecular weight excluding hydrogens is 408 g/mol. The Morgan fingerprint density at radius 2 is 1.55 bits per heavy atom. The molecule has 2 N–H and O–H groups in total. The van der Waals surface area contributed by atoms with E-state index in [0.29, 0.717) is 17.8 Å². The van der Waals surface area contributed by atoms with E-state index in [-0.39, 0.29) is 33.2 Å². The van der Waals surface area contributed by atoms with Gasteiger partial charge in [-0.3, -0.25) is 4.79 Å². The van der Waals surface area contributed by atoms with Gasteiger partial charge < -0.3 is 10.2 Å². The van der Waals surface area contributed by atoms with E-state index in [1.165, 1.54) is 18.4 Å². The fraction of sp³-hybridized carbons (Fsp3) is 0.900. The summed E-state index contributed by atoms with van der Waals surface area (Å²) in [5.74, 6) is 0.675. The molecule has 0 aromatic rings. The van der Waals surface area contributed by atoms with E-state index in [0.717, 1.165) is 51.4 Å². The molecule has 0 bridgehead atoms. The van der Waals surface area contributed by atoms with Crippen LogP contribution in [0.2, 0.25) is 0 Å². The van der Waals surface area contributed by atoms with Crippen molar-refractivity contribution < 1.29 is 15.0 Å². The molecule has 0 spiro atoms. The topological polar surface area (TPSA) is 57.5 Å². The molecule has 5 aliphatic carbocycles. The van der Waals surface area contributed by atoms with Crippen molar-refractivity contribution in [3.05, 3.63) is 11.6 Å². The van der Waals surface area contributed by atoms with Crippen molar-refractivity contribution in [3.63, 3.8) is 0 Å². The van der Waals surface area contributed by atoms with E-state index in [1.54, 1.807) is 0 Å². The summed E-state index contributed by atoms with van der Waals surface area (Å²) in [7, 11) is 0. The van der Waals surface area contributed by atoms with Gasteiger partial charge in [-0.25, -0.2) is 0 Å². The molecule has 0 unspecified atom stereocenters. The molecule has 0 aromatic heterocycles. The summed E-state index contributed by atoms with van der Waals surface area (Å²) in [6.07, 6.45) is 12.6. The van der Waals surface area contributed by atoms with E-state index < -0.39 is 11.4 Å². The van der Waals surface area contributed by atoms with Crippen LogP contribution in [0.4, 0.5) is 0 Å². The molecule has 33 heavy (non-hydrogen) atoms. The highest BCUT2D eigenvalue weighted by Crippen LogP contribution is 2.75. The molecule has 186 valence electrons. The smallest absolute Gasteiger partial charge is 0.314 e. The molecule has 5 rings (SSSR count). The summed E-state index contributed by atoms with van der Waals surface area (Å²) in [5.41, 5.74) is 0.906.